The van der Waals surface area contributed by atoms with E-state index in [2.05, 4.69) is 0 Å². The van der Waals surface area contributed by atoms with Gasteiger partial charge in [0, 0.05) is 18.0 Å². The summed E-state index contributed by atoms with van der Waals surface area (Å²) in [5.74, 6) is 0. The van der Waals surface area contributed by atoms with Crippen LogP contribution in [0.5, 0.6) is 0 Å². The Bertz CT molecular complexity index is 244. The molecule has 0 aromatic carbocycles. The number of halogens is 2. The summed E-state index contributed by atoms with van der Waals surface area (Å²) in [5, 5.41) is 0. The van der Waals surface area contributed by atoms with E-state index in [0.29, 0.717) is 11.8 Å². The molecule has 11 heavy (non-hydrogen) atoms. The lowest BCUT2D eigenvalue weighted by atomic mass is 10.4. The first-order valence-electron chi connectivity index (χ1n) is 3.11. The Labute approximate surface area is 62.4 Å². The molecule has 2 nitrogen and oxygen atoms in total. The lowest BCUT2D eigenvalue weighted by Crippen LogP contribution is -2.03. The Hall–Kier alpha value is -1.19. The summed E-state index contributed by atoms with van der Waals surface area (Å²) in [4.78, 5) is 10.1. The van der Waals surface area contributed by atoms with Crippen molar-refractivity contribution in [2.45, 2.75) is 13.0 Å². The van der Waals surface area contributed by atoms with Crippen LogP contribution in [0, 0.1) is 0 Å². The molecule has 1 aromatic heterocycles. The topological polar surface area (TPSA) is 22.0 Å². The number of alkyl halides is 2. The third-order valence-electron chi connectivity index (χ3n) is 1.26. The van der Waals surface area contributed by atoms with Gasteiger partial charge >= 0.3 is 0 Å². The Balaban J connectivity index is 2.65. The molecule has 0 aliphatic rings. The van der Waals surface area contributed by atoms with E-state index in [1.54, 1.807) is 0 Å². The molecule has 0 spiro atoms. The highest BCUT2D eigenvalue weighted by atomic mass is 19.3. The van der Waals surface area contributed by atoms with Crippen LogP contribution in [0.1, 0.15) is 10.4 Å². The standard InChI is InChI=1S/C7H7F2NO/c8-7(9)4-10-2-1-6(3-10)5-11/h1-3,5,7H,4H2. The Morgan fingerprint density at radius 3 is 2.82 bits per heavy atom. The molecule has 0 saturated heterocycles. The highest BCUT2D eigenvalue weighted by molar-refractivity contribution is 5.74. The van der Waals surface area contributed by atoms with Crippen LogP contribution in [0.2, 0.25) is 0 Å². The van der Waals surface area contributed by atoms with Gasteiger partial charge in [0.1, 0.15) is 0 Å². The van der Waals surface area contributed by atoms with Gasteiger partial charge in [-0.05, 0) is 6.07 Å². The Kier molecular flexibility index (Phi) is 2.36. The second kappa shape index (κ2) is 3.27. The summed E-state index contributed by atoms with van der Waals surface area (Å²) in [6.07, 6.45) is 1.10. The third kappa shape index (κ3) is 2.14. The van der Waals surface area contributed by atoms with E-state index in [-0.39, 0.29) is 6.54 Å². The number of hydrogen-bond acceptors (Lipinski definition) is 1. The molecule has 0 bridgehead atoms. The van der Waals surface area contributed by atoms with Crippen molar-refractivity contribution in [3.63, 3.8) is 0 Å². The fourth-order valence-corrected chi connectivity index (χ4v) is 0.802. The molecule has 0 N–H and O–H groups in total. The minimum Gasteiger partial charge on any atom is -0.348 e. The first-order valence-corrected chi connectivity index (χ1v) is 3.11. The van der Waals surface area contributed by atoms with E-state index in [4.69, 9.17) is 0 Å². The van der Waals surface area contributed by atoms with Crippen LogP contribution in [0.15, 0.2) is 18.5 Å². The smallest absolute Gasteiger partial charge is 0.256 e. The van der Waals surface area contributed by atoms with Crippen molar-refractivity contribution >= 4 is 6.29 Å². The predicted octanol–water partition coefficient (Wildman–Crippen LogP) is 1.57. The number of aromatic nitrogens is 1. The summed E-state index contributed by atoms with van der Waals surface area (Å²) in [7, 11) is 0. The first-order chi connectivity index (χ1) is 5.22. The number of carbonyl (C=O) groups excluding carboxylic acids is 1. The maximum absolute atomic E-state index is 11.7. The monoisotopic (exact) mass is 159 g/mol. The van der Waals surface area contributed by atoms with Crippen LogP contribution in [-0.4, -0.2) is 17.3 Å². The molecule has 0 saturated carbocycles. The molecule has 0 atom stereocenters. The van der Waals surface area contributed by atoms with Crippen molar-refractivity contribution in [3.8, 4) is 0 Å². The lowest BCUT2D eigenvalue weighted by molar-refractivity contribution is 0.112. The fraction of sp³-hybridized carbons (Fsp3) is 0.286. The van der Waals surface area contributed by atoms with E-state index >= 15 is 0 Å². The molecular formula is C7H7F2NO. The second-order valence-electron chi connectivity index (χ2n) is 2.15. The highest BCUT2D eigenvalue weighted by Crippen LogP contribution is 2.02. The maximum Gasteiger partial charge on any atom is 0.256 e. The number of hydrogen-bond donors (Lipinski definition) is 0. The number of aldehydes is 1. The Morgan fingerprint density at radius 1 is 1.64 bits per heavy atom. The molecule has 0 amide bonds. The van der Waals surface area contributed by atoms with Crippen LogP contribution in [0.25, 0.3) is 0 Å². The van der Waals surface area contributed by atoms with Gasteiger partial charge in [-0.1, -0.05) is 0 Å². The minimum atomic E-state index is -2.37. The lowest BCUT2D eigenvalue weighted by Gasteiger charge is -1.98. The normalized spacial score (nSPS) is 10.5. The van der Waals surface area contributed by atoms with Crippen LogP contribution in [0.3, 0.4) is 0 Å². The van der Waals surface area contributed by atoms with Crippen molar-refractivity contribution < 1.29 is 13.6 Å². The van der Waals surface area contributed by atoms with Crippen molar-refractivity contribution in [2.75, 3.05) is 0 Å². The number of carbonyl (C=O) groups is 1. The zero-order valence-corrected chi connectivity index (χ0v) is 5.71. The van der Waals surface area contributed by atoms with Crippen LogP contribution in [-0.2, 0) is 6.54 Å². The molecule has 0 unspecified atom stereocenters. The highest BCUT2D eigenvalue weighted by Gasteiger charge is 2.03. The average molecular weight is 159 g/mol. The van der Waals surface area contributed by atoms with Crippen LogP contribution < -0.4 is 0 Å². The molecule has 0 radical (unpaired) electrons. The summed E-state index contributed by atoms with van der Waals surface area (Å²) in [6, 6.07) is 1.50. The SMILES string of the molecule is O=Cc1ccn(CC(F)F)c1. The average Bonchev–Trinajstić information content (AvgIpc) is 2.34. The van der Waals surface area contributed by atoms with Crippen molar-refractivity contribution in [3.05, 3.63) is 24.0 Å². The predicted molar refractivity (Wildman–Crippen MR) is 35.8 cm³/mol. The van der Waals surface area contributed by atoms with Crippen molar-refractivity contribution in [1.29, 1.82) is 0 Å². The largest absolute Gasteiger partial charge is 0.348 e. The van der Waals surface area contributed by atoms with E-state index in [9.17, 15) is 13.6 Å². The number of nitrogens with zero attached hydrogens (tertiary/aromatic N) is 1. The molecule has 0 aliphatic heterocycles. The van der Waals surface area contributed by atoms with Crippen LogP contribution in [0.4, 0.5) is 8.78 Å². The first kappa shape index (κ1) is 7.91. The third-order valence-corrected chi connectivity index (χ3v) is 1.26. The summed E-state index contributed by atoms with van der Waals surface area (Å²) in [6.45, 7) is -0.353. The molecule has 60 valence electrons. The molecule has 0 aliphatic carbocycles. The van der Waals surface area contributed by atoms with Gasteiger partial charge in [-0.25, -0.2) is 8.78 Å². The summed E-state index contributed by atoms with van der Waals surface area (Å²) in [5.41, 5.74) is 0.422. The molecule has 0 fully saturated rings. The number of rotatable bonds is 3. The molecular weight excluding hydrogens is 152 g/mol. The second-order valence-corrected chi connectivity index (χ2v) is 2.15. The Morgan fingerprint density at radius 2 is 2.36 bits per heavy atom. The molecule has 1 aromatic rings. The van der Waals surface area contributed by atoms with Gasteiger partial charge in [-0.2, -0.15) is 0 Å². The van der Waals surface area contributed by atoms with E-state index in [1.165, 1.54) is 23.0 Å². The maximum atomic E-state index is 11.7. The molecule has 1 rings (SSSR count). The fourth-order valence-electron chi connectivity index (χ4n) is 0.802. The van der Waals surface area contributed by atoms with Gasteiger partial charge in [0.2, 0.25) is 0 Å². The molecule has 1 heterocycles. The van der Waals surface area contributed by atoms with Gasteiger partial charge in [-0.15, -0.1) is 0 Å². The summed E-state index contributed by atoms with van der Waals surface area (Å²) >= 11 is 0. The zero-order chi connectivity index (χ0) is 8.27. The van der Waals surface area contributed by atoms with Gasteiger partial charge < -0.3 is 4.57 Å². The quantitative estimate of drug-likeness (QED) is 0.613. The van der Waals surface area contributed by atoms with Crippen molar-refractivity contribution in [2.24, 2.45) is 0 Å². The van der Waals surface area contributed by atoms with E-state index in [1.807, 2.05) is 0 Å². The summed E-state index contributed by atoms with van der Waals surface area (Å²) < 4.78 is 24.7. The van der Waals surface area contributed by atoms with Crippen LogP contribution >= 0.6 is 0 Å². The van der Waals surface area contributed by atoms with Gasteiger partial charge in [0.25, 0.3) is 6.43 Å². The zero-order valence-electron chi connectivity index (χ0n) is 5.71. The van der Waals surface area contributed by atoms with E-state index in [0.717, 1.165) is 0 Å². The van der Waals surface area contributed by atoms with E-state index < -0.39 is 6.43 Å². The van der Waals surface area contributed by atoms with Crippen molar-refractivity contribution in [1.82, 2.24) is 4.57 Å². The molecule has 4 heteroatoms. The van der Waals surface area contributed by atoms with Gasteiger partial charge in [0.05, 0.1) is 6.54 Å². The van der Waals surface area contributed by atoms with Gasteiger partial charge in [0.15, 0.2) is 6.29 Å². The van der Waals surface area contributed by atoms with Gasteiger partial charge in [-0.3, -0.25) is 4.79 Å². The minimum absolute atomic E-state index is 0.353.